The van der Waals surface area contributed by atoms with E-state index in [9.17, 15) is 5.11 Å². The summed E-state index contributed by atoms with van der Waals surface area (Å²) in [7, 11) is 0. The fourth-order valence-corrected chi connectivity index (χ4v) is 2.47. The molecule has 0 aliphatic heterocycles. The molecule has 0 radical (unpaired) electrons. The zero-order chi connectivity index (χ0) is 12.9. The summed E-state index contributed by atoms with van der Waals surface area (Å²) in [5.41, 5.74) is 6.47. The zero-order valence-corrected chi connectivity index (χ0v) is 11.6. The van der Waals surface area contributed by atoms with Crippen molar-refractivity contribution >= 4 is 23.2 Å². The molecule has 0 amide bonds. The molecule has 1 aromatic rings. The fraction of sp³-hybridized carbons (Fsp3) is 0.538. The smallest absolute Gasteiger partial charge is 0.0624 e. The first-order valence-electron chi connectivity index (χ1n) is 5.82. The summed E-state index contributed by atoms with van der Waals surface area (Å²) in [4.78, 5) is 0. The van der Waals surface area contributed by atoms with E-state index in [0.717, 1.165) is 18.4 Å². The van der Waals surface area contributed by atoms with Gasteiger partial charge in [0.15, 0.2) is 0 Å². The molecule has 0 spiro atoms. The van der Waals surface area contributed by atoms with E-state index in [1.54, 1.807) is 6.07 Å². The van der Waals surface area contributed by atoms with Gasteiger partial charge in [-0.15, -0.1) is 0 Å². The van der Waals surface area contributed by atoms with Crippen molar-refractivity contribution in [2.45, 2.75) is 26.2 Å². The predicted molar refractivity (Wildman–Crippen MR) is 73.6 cm³/mol. The second-order valence-electron chi connectivity index (χ2n) is 4.50. The van der Waals surface area contributed by atoms with E-state index in [1.165, 1.54) is 0 Å². The van der Waals surface area contributed by atoms with E-state index in [0.29, 0.717) is 23.0 Å². The molecule has 0 saturated heterocycles. The molecule has 0 aliphatic carbocycles. The quantitative estimate of drug-likeness (QED) is 0.837. The molecule has 0 bridgehead atoms. The van der Waals surface area contributed by atoms with E-state index in [-0.39, 0.29) is 12.0 Å². The number of hydrogen-bond acceptors (Lipinski definition) is 2. The van der Waals surface area contributed by atoms with E-state index >= 15 is 0 Å². The molecule has 3 N–H and O–H groups in total. The summed E-state index contributed by atoms with van der Waals surface area (Å²) in [6, 6.07) is 5.56. The third kappa shape index (κ3) is 3.59. The minimum absolute atomic E-state index is 0.0696. The van der Waals surface area contributed by atoms with Gasteiger partial charge in [-0.05, 0) is 24.5 Å². The Labute approximate surface area is 113 Å². The maximum atomic E-state index is 9.57. The Bertz CT molecular complexity index is 364. The number of aliphatic hydroxyl groups is 1. The Morgan fingerprint density at radius 2 is 2.06 bits per heavy atom. The second kappa shape index (κ2) is 6.60. The molecular formula is C13H19Cl2NO. The number of halogens is 2. The van der Waals surface area contributed by atoms with Crippen molar-refractivity contribution in [3.63, 3.8) is 0 Å². The van der Waals surface area contributed by atoms with Crippen LogP contribution in [0.5, 0.6) is 0 Å². The average molecular weight is 276 g/mol. The van der Waals surface area contributed by atoms with Crippen LogP contribution in [0.4, 0.5) is 0 Å². The molecule has 0 fully saturated rings. The highest BCUT2D eigenvalue weighted by atomic mass is 35.5. The van der Waals surface area contributed by atoms with Crippen LogP contribution in [-0.4, -0.2) is 18.3 Å². The molecule has 0 heterocycles. The van der Waals surface area contributed by atoms with Gasteiger partial charge in [0.2, 0.25) is 0 Å². The van der Waals surface area contributed by atoms with Crippen LogP contribution in [0.2, 0.25) is 10.0 Å². The summed E-state index contributed by atoms with van der Waals surface area (Å²) < 4.78 is 0. The van der Waals surface area contributed by atoms with Gasteiger partial charge in [-0.2, -0.15) is 0 Å². The number of hydrogen-bond donors (Lipinski definition) is 2. The lowest BCUT2D eigenvalue weighted by atomic mass is 9.78. The molecule has 1 rings (SSSR count). The van der Waals surface area contributed by atoms with Gasteiger partial charge >= 0.3 is 0 Å². The van der Waals surface area contributed by atoms with Crippen LogP contribution in [0.3, 0.4) is 0 Å². The summed E-state index contributed by atoms with van der Waals surface area (Å²) in [6.45, 7) is 2.60. The Morgan fingerprint density at radius 3 is 2.59 bits per heavy atom. The Morgan fingerprint density at radius 1 is 1.35 bits per heavy atom. The molecule has 0 saturated carbocycles. The first kappa shape index (κ1) is 14.8. The van der Waals surface area contributed by atoms with Crippen molar-refractivity contribution in [2.75, 3.05) is 13.2 Å². The van der Waals surface area contributed by atoms with Gasteiger partial charge in [-0.1, -0.05) is 48.7 Å². The van der Waals surface area contributed by atoms with E-state index in [1.807, 2.05) is 12.1 Å². The Balaban J connectivity index is 2.97. The Hall–Kier alpha value is -0.280. The topological polar surface area (TPSA) is 46.2 Å². The van der Waals surface area contributed by atoms with Crippen molar-refractivity contribution < 1.29 is 5.11 Å². The van der Waals surface area contributed by atoms with Gasteiger partial charge in [0.25, 0.3) is 0 Å². The highest BCUT2D eigenvalue weighted by Crippen LogP contribution is 2.33. The maximum Gasteiger partial charge on any atom is 0.0624 e. The second-order valence-corrected chi connectivity index (χ2v) is 5.29. The van der Waals surface area contributed by atoms with Gasteiger partial charge in [0.05, 0.1) is 16.7 Å². The van der Waals surface area contributed by atoms with Gasteiger partial charge in [-0.25, -0.2) is 0 Å². The number of aliphatic hydroxyl groups excluding tert-OH is 1. The molecule has 1 atom stereocenters. The summed E-state index contributed by atoms with van der Waals surface area (Å²) in [5.74, 6) is 0. The minimum Gasteiger partial charge on any atom is -0.396 e. The van der Waals surface area contributed by atoms with E-state index < -0.39 is 0 Å². The van der Waals surface area contributed by atoms with Crippen molar-refractivity contribution in [1.82, 2.24) is 0 Å². The molecule has 96 valence electrons. The first-order valence-corrected chi connectivity index (χ1v) is 6.58. The SMILES string of the molecule is CCCC(CN)(CO)Cc1cccc(Cl)c1Cl. The lowest BCUT2D eigenvalue weighted by Gasteiger charge is -2.30. The van der Waals surface area contributed by atoms with Crippen LogP contribution in [-0.2, 0) is 6.42 Å². The van der Waals surface area contributed by atoms with Crippen LogP contribution in [0.25, 0.3) is 0 Å². The van der Waals surface area contributed by atoms with Crippen LogP contribution < -0.4 is 5.73 Å². The van der Waals surface area contributed by atoms with E-state index in [4.69, 9.17) is 28.9 Å². The van der Waals surface area contributed by atoms with Crippen molar-refractivity contribution in [2.24, 2.45) is 11.1 Å². The molecule has 0 aromatic heterocycles. The fourth-order valence-electron chi connectivity index (χ4n) is 2.08. The Kier molecular flexibility index (Phi) is 5.74. The van der Waals surface area contributed by atoms with Gasteiger partial charge in [0, 0.05) is 12.0 Å². The molecule has 1 aromatic carbocycles. The van der Waals surface area contributed by atoms with E-state index in [2.05, 4.69) is 6.92 Å². The predicted octanol–water partition coefficient (Wildman–Crippen LogP) is 3.27. The molecule has 4 heteroatoms. The minimum atomic E-state index is -0.289. The van der Waals surface area contributed by atoms with Gasteiger partial charge < -0.3 is 10.8 Å². The molecule has 0 aliphatic rings. The van der Waals surface area contributed by atoms with Crippen molar-refractivity contribution in [1.29, 1.82) is 0 Å². The lowest BCUT2D eigenvalue weighted by molar-refractivity contribution is 0.121. The third-order valence-corrected chi connectivity index (χ3v) is 4.00. The summed E-state index contributed by atoms with van der Waals surface area (Å²) in [5, 5.41) is 10.7. The lowest BCUT2D eigenvalue weighted by Crippen LogP contribution is -2.36. The van der Waals surface area contributed by atoms with Crippen molar-refractivity contribution in [3.8, 4) is 0 Å². The van der Waals surface area contributed by atoms with Crippen LogP contribution in [0, 0.1) is 5.41 Å². The number of rotatable bonds is 6. The standard InChI is InChI=1S/C13H19Cl2NO/c1-2-6-13(8-16,9-17)7-10-4-3-5-11(14)12(10)15/h3-5,17H,2,6-9,16H2,1H3. The largest absolute Gasteiger partial charge is 0.396 e. The molecular weight excluding hydrogens is 257 g/mol. The molecule has 17 heavy (non-hydrogen) atoms. The highest BCUT2D eigenvalue weighted by molar-refractivity contribution is 6.42. The normalized spacial score (nSPS) is 14.6. The third-order valence-electron chi connectivity index (χ3n) is 3.15. The summed E-state index contributed by atoms with van der Waals surface area (Å²) >= 11 is 12.1. The average Bonchev–Trinajstić information content (AvgIpc) is 2.34. The van der Waals surface area contributed by atoms with Crippen LogP contribution >= 0.6 is 23.2 Å². The van der Waals surface area contributed by atoms with Crippen molar-refractivity contribution in [3.05, 3.63) is 33.8 Å². The highest BCUT2D eigenvalue weighted by Gasteiger charge is 2.28. The zero-order valence-electron chi connectivity index (χ0n) is 10.0. The monoisotopic (exact) mass is 275 g/mol. The summed E-state index contributed by atoms with van der Waals surface area (Å²) in [6.07, 6.45) is 2.52. The molecule has 1 unspecified atom stereocenters. The maximum absolute atomic E-state index is 9.57. The molecule has 2 nitrogen and oxygen atoms in total. The first-order chi connectivity index (χ1) is 8.08. The van der Waals surface area contributed by atoms with Gasteiger partial charge in [-0.3, -0.25) is 0 Å². The van der Waals surface area contributed by atoms with Gasteiger partial charge in [0.1, 0.15) is 0 Å². The van der Waals surface area contributed by atoms with Crippen LogP contribution in [0.1, 0.15) is 25.3 Å². The number of benzene rings is 1. The number of nitrogens with two attached hydrogens (primary N) is 1. The van der Waals surface area contributed by atoms with Crippen LogP contribution in [0.15, 0.2) is 18.2 Å².